The van der Waals surface area contributed by atoms with Crippen LogP contribution in [-0.4, -0.2) is 84.0 Å². The van der Waals surface area contributed by atoms with E-state index in [1.54, 1.807) is 92.0 Å². The molecule has 4 aromatic carbocycles. The first-order chi connectivity index (χ1) is 24.4. The fourth-order valence-corrected chi connectivity index (χ4v) is 9.13. The number of aliphatic hydroxyl groups excluding tert-OH is 1. The Kier molecular flexibility index (Phi) is 12.2. The summed E-state index contributed by atoms with van der Waals surface area (Å²) in [6.07, 6.45) is -2.87. The highest BCUT2D eigenvalue weighted by molar-refractivity contribution is 9.10. The molecule has 51 heavy (non-hydrogen) atoms. The van der Waals surface area contributed by atoms with E-state index in [2.05, 4.69) is 36.1 Å². The maximum absolute atomic E-state index is 15.0. The number of methoxy groups -OCH3 is 1. The number of nitrogens with one attached hydrogen (secondary N) is 2. The van der Waals surface area contributed by atoms with Crippen LogP contribution in [0.2, 0.25) is 0 Å². The van der Waals surface area contributed by atoms with Gasteiger partial charge in [0.05, 0.1) is 25.3 Å². The average Bonchev–Trinajstić information content (AvgIpc) is 3.58. The normalized spacial score (nSPS) is 12.5. The third-order valence-electron chi connectivity index (χ3n) is 7.52. The minimum Gasteiger partial charge on any atom is -0.497 e. The van der Waals surface area contributed by atoms with Crippen LogP contribution in [0.1, 0.15) is 16.7 Å². The Hall–Kier alpha value is -4.72. The average molecular weight is 801 g/mol. The molecule has 18 heteroatoms. The van der Waals surface area contributed by atoms with Gasteiger partial charge in [0, 0.05) is 30.7 Å². The number of sulfonamides is 2. The van der Waals surface area contributed by atoms with E-state index in [0.29, 0.717) is 16.9 Å². The molecule has 1 heterocycles. The van der Waals surface area contributed by atoms with Crippen LogP contribution in [0.4, 0.5) is 4.79 Å². The van der Waals surface area contributed by atoms with Crippen LogP contribution in [0, 0.1) is 0 Å². The molecule has 15 nitrogen and oxygen atoms in total. The first kappa shape index (κ1) is 37.5. The van der Waals surface area contributed by atoms with E-state index in [9.17, 15) is 18.3 Å². The van der Waals surface area contributed by atoms with Gasteiger partial charge in [0.1, 0.15) is 15.5 Å². The van der Waals surface area contributed by atoms with Crippen molar-refractivity contribution in [2.45, 2.75) is 35.5 Å². The van der Waals surface area contributed by atoms with Crippen LogP contribution < -0.4 is 14.8 Å². The maximum Gasteiger partial charge on any atom is 0.404 e. The molecule has 0 radical (unpaired) electrons. The molecule has 0 aliphatic carbocycles. The van der Waals surface area contributed by atoms with Crippen molar-refractivity contribution >= 4 is 42.1 Å². The molecular weight excluding hydrogens is 766 g/mol. The second-order valence-corrected chi connectivity index (χ2v) is 15.6. The number of rotatable bonds is 16. The number of ether oxygens (including phenoxy) is 1. The van der Waals surface area contributed by atoms with Gasteiger partial charge >= 0.3 is 6.09 Å². The van der Waals surface area contributed by atoms with Crippen molar-refractivity contribution in [1.82, 2.24) is 34.6 Å². The standard InChI is InChI=1S/C33H34BrN7O8S2/c1-49-27-14-12-25(13-15-27)22-41-38-32(37-39-41)30-28(34)16-17-29(50(45,46)36-19-26(42)18-35-33(43)44)31(30)51(47,48)40(20-23-8-4-2-5-9-23)21-24-10-6-3-7-11-24/h2-17,26,35-36,42H,18-22H2,1H3,(H,43,44). The number of hydrogen-bond donors (Lipinski definition) is 4. The number of amides is 1. The molecule has 1 amide bonds. The number of halogens is 1. The molecule has 5 rings (SSSR count). The summed E-state index contributed by atoms with van der Waals surface area (Å²) in [5.41, 5.74) is 1.93. The number of carbonyl (C=O) groups is 1. The SMILES string of the molecule is COc1ccc(Cn2nnc(-c3c(Br)ccc(S(=O)(=O)NCC(O)CNC(=O)O)c3S(=O)(=O)N(Cc3ccccc3)Cc3ccccc3)n2)cc1. The number of aromatic nitrogens is 4. The Labute approximate surface area is 303 Å². The lowest BCUT2D eigenvalue weighted by atomic mass is 10.2. The van der Waals surface area contributed by atoms with Gasteiger partial charge in [0.15, 0.2) is 0 Å². The smallest absolute Gasteiger partial charge is 0.404 e. The van der Waals surface area contributed by atoms with Crippen molar-refractivity contribution < 1.29 is 36.6 Å². The number of carboxylic acid groups (broad SMARTS) is 1. The Morgan fingerprint density at radius 1 is 0.882 bits per heavy atom. The van der Waals surface area contributed by atoms with Crippen LogP contribution >= 0.6 is 15.9 Å². The van der Waals surface area contributed by atoms with Gasteiger partial charge in [-0.25, -0.2) is 26.4 Å². The van der Waals surface area contributed by atoms with Crippen molar-refractivity contribution in [2.75, 3.05) is 20.2 Å². The summed E-state index contributed by atoms with van der Waals surface area (Å²) in [4.78, 5) is 10.9. The molecule has 1 atom stereocenters. The van der Waals surface area contributed by atoms with Crippen LogP contribution in [0.25, 0.3) is 11.4 Å². The van der Waals surface area contributed by atoms with E-state index in [-0.39, 0.29) is 35.5 Å². The minimum atomic E-state index is -4.73. The molecule has 1 aromatic heterocycles. The maximum atomic E-state index is 15.0. The van der Waals surface area contributed by atoms with E-state index >= 15 is 8.42 Å². The molecule has 0 fully saturated rings. The third-order valence-corrected chi connectivity index (χ3v) is 11.7. The van der Waals surface area contributed by atoms with Crippen LogP contribution in [0.5, 0.6) is 5.75 Å². The second-order valence-electron chi connectivity index (χ2n) is 11.2. The summed E-state index contributed by atoms with van der Waals surface area (Å²) in [6.45, 7) is -1.17. The zero-order chi connectivity index (χ0) is 36.6. The Bertz CT molecular complexity index is 2130. The highest BCUT2D eigenvalue weighted by Crippen LogP contribution is 2.39. The number of aliphatic hydroxyl groups is 1. The summed E-state index contributed by atoms with van der Waals surface area (Å²) in [5, 5.41) is 33.8. The lowest BCUT2D eigenvalue weighted by molar-refractivity contribution is 0.159. The zero-order valence-corrected chi connectivity index (χ0v) is 30.3. The Balaban J connectivity index is 1.64. The summed E-state index contributed by atoms with van der Waals surface area (Å²) >= 11 is 3.42. The molecule has 0 saturated carbocycles. The summed E-state index contributed by atoms with van der Waals surface area (Å²) in [6, 6.07) is 27.3. The molecule has 1 unspecified atom stereocenters. The van der Waals surface area contributed by atoms with Gasteiger partial charge in [0.2, 0.25) is 25.9 Å². The summed E-state index contributed by atoms with van der Waals surface area (Å²) in [5.74, 6) is 0.480. The van der Waals surface area contributed by atoms with E-state index < -0.39 is 55.1 Å². The van der Waals surface area contributed by atoms with Gasteiger partial charge in [-0.3, -0.25) is 0 Å². The molecule has 0 bridgehead atoms. The zero-order valence-electron chi connectivity index (χ0n) is 27.1. The monoisotopic (exact) mass is 799 g/mol. The number of benzene rings is 4. The van der Waals surface area contributed by atoms with E-state index in [1.807, 2.05) is 5.32 Å². The Morgan fingerprint density at radius 2 is 1.49 bits per heavy atom. The molecule has 268 valence electrons. The predicted molar refractivity (Wildman–Crippen MR) is 190 cm³/mol. The molecular formula is C33H34BrN7O8S2. The van der Waals surface area contributed by atoms with Crippen molar-refractivity contribution in [3.8, 4) is 17.1 Å². The van der Waals surface area contributed by atoms with Crippen molar-refractivity contribution in [3.05, 3.63) is 118 Å². The fourth-order valence-electron chi connectivity index (χ4n) is 5.01. The van der Waals surface area contributed by atoms with Gasteiger partial charge in [-0.05, 0) is 62.1 Å². The molecule has 0 spiro atoms. The Morgan fingerprint density at radius 3 is 2.06 bits per heavy atom. The third kappa shape index (κ3) is 9.54. The quantitative estimate of drug-likeness (QED) is 0.114. The first-order valence-electron chi connectivity index (χ1n) is 15.3. The van der Waals surface area contributed by atoms with E-state index in [0.717, 1.165) is 15.9 Å². The van der Waals surface area contributed by atoms with Crippen LogP contribution in [-0.2, 0) is 39.7 Å². The first-order valence-corrected chi connectivity index (χ1v) is 19.0. The summed E-state index contributed by atoms with van der Waals surface area (Å²) in [7, 11) is -7.87. The van der Waals surface area contributed by atoms with Gasteiger partial charge in [0.25, 0.3) is 0 Å². The highest BCUT2D eigenvalue weighted by Gasteiger charge is 2.37. The van der Waals surface area contributed by atoms with Gasteiger partial charge in [-0.1, -0.05) is 72.8 Å². The number of hydrogen-bond acceptors (Lipinski definition) is 10. The minimum absolute atomic E-state index is 0.117. The number of nitrogens with zero attached hydrogens (tertiary/aromatic N) is 5. The van der Waals surface area contributed by atoms with E-state index in [1.165, 1.54) is 10.9 Å². The molecule has 4 N–H and O–H groups in total. The second kappa shape index (κ2) is 16.5. The van der Waals surface area contributed by atoms with Crippen molar-refractivity contribution in [3.63, 3.8) is 0 Å². The van der Waals surface area contributed by atoms with Gasteiger partial charge in [-0.15, -0.1) is 10.2 Å². The topological polar surface area (TPSA) is 206 Å². The summed E-state index contributed by atoms with van der Waals surface area (Å²) < 4.78 is 66.7. The van der Waals surface area contributed by atoms with Crippen molar-refractivity contribution in [2.24, 2.45) is 0 Å². The lowest BCUT2D eigenvalue weighted by Gasteiger charge is -2.25. The highest BCUT2D eigenvalue weighted by atomic mass is 79.9. The van der Waals surface area contributed by atoms with E-state index in [4.69, 9.17) is 9.84 Å². The fraction of sp³-hybridized carbons (Fsp3) is 0.212. The van der Waals surface area contributed by atoms with Crippen molar-refractivity contribution in [1.29, 1.82) is 0 Å². The molecule has 0 aliphatic rings. The van der Waals surface area contributed by atoms with Crippen LogP contribution in [0.3, 0.4) is 0 Å². The predicted octanol–water partition coefficient (Wildman–Crippen LogP) is 3.46. The molecule has 0 saturated heterocycles. The molecule has 5 aromatic rings. The largest absolute Gasteiger partial charge is 0.497 e. The van der Waals surface area contributed by atoms with Crippen LogP contribution in [0.15, 0.2) is 111 Å². The number of tetrazole rings is 1. The van der Waals surface area contributed by atoms with Gasteiger partial charge in [-0.2, -0.15) is 9.10 Å². The molecule has 0 aliphatic heterocycles. The van der Waals surface area contributed by atoms with Gasteiger partial charge < -0.3 is 20.3 Å². The lowest BCUT2D eigenvalue weighted by Crippen LogP contribution is -2.40.